The van der Waals surface area contributed by atoms with Gasteiger partial charge in [0.2, 0.25) is 6.43 Å². The molecule has 0 fully saturated rings. The molecule has 0 aromatic carbocycles. The van der Waals surface area contributed by atoms with E-state index in [4.69, 9.17) is 5.73 Å². The summed E-state index contributed by atoms with van der Waals surface area (Å²) < 4.78 is 24.7. The van der Waals surface area contributed by atoms with Crippen LogP contribution in [-0.2, 0) is 0 Å². The van der Waals surface area contributed by atoms with Crippen LogP contribution in [0.4, 0.5) is 8.78 Å². The minimum Gasteiger partial charge on any atom is -0.330 e. The number of rotatable bonds is 3. The van der Waals surface area contributed by atoms with E-state index in [1.54, 1.807) is 6.92 Å². The predicted octanol–water partition coefficient (Wildman–Crippen LogP) is 1.09. The van der Waals surface area contributed by atoms with E-state index < -0.39 is 12.3 Å². The van der Waals surface area contributed by atoms with Crippen LogP contribution in [0.5, 0.6) is 0 Å². The van der Waals surface area contributed by atoms with Gasteiger partial charge in [0.25, 0.3) is 0 Å². The first kappa shape index (κ1) is 9.98. The summed E-state index contributed by atoms with van der Waals surface area (Å²) in [7, 11) is 0. The van der Waals surface area contributed by atoms with Crippen molar-refractivity contribution < 1.29 is 8.78 Å². The van der Waals surface area contributed by atoms with E-state index in [9.17, 15) is 8.78 Å². The van der Waals surface area contributed by atoms with Crippen molar-refractivity contribution in [2.75, 3.05) is 6.54 Å². The van der Waals surface area contributed by atoms with Crippen LogP contribution in [0.1, 0.15) is 17.3 Å². The lowest BCUT2D eigenvalue weighted by Gasteiger charge is -2.11. The second-order valence-corrected chi connectivity index (χ2v) is 2.76. The van der Waals surface area contributed by atoms with Crippen molar-refractivity contribution in [3.8, 4) is 0 Å². The maximum atomic E-state index is 12.3. The number of hydrogen-bond donors (Lipinski definition) is 1. The van der Waals surface area contributed by atoms with E-state index in [2.05, 4.69) is 9.97 Å². The van der Waals surface area contributed by atoms with Crippen molar-refractivity contribution >= 4 is 0 Å². The maximum Gasteiger partial charge on any atom is 0.248 e. The summed E-state index contributed by atoms with van der Waals surface area (Å²) in [6, 6.07) is 0. The molecular weight excluding hydrogens is 176 g/mol. The minimum atomic E-state index is -2.48. The highest BCUT2D eigenvalue weighted by atomic mass is 19.3. The molecule has 1 heterocycles. The zero-order valence-corrected chi connectivity index (χ0v) is 7.24. The van der Waals surface area contributed by atoms with Gasteiger partial charge in [-0.3, -0.25) is 9.97 Å². The summed E-state index contributed by atoms with van der Waals surface area (Å²) in [6.07, 6.45) is 0.321. The summed E-state index contributed by atoms with van der Waals surface area (Å²) in [5.74, 6) is -1.01. The van der Waals surface area contributed by atoms with Crippen molar-refractivity contribution in [1.82, 2.24) is 9.97 Å². The van der Waals surface area contributed by atoms with Crippen molar-refractivity contribution in [3.05, 3.63) is 23.8 Å². The predicted molar refractivity (Wildman–Crippen MR) is 44.6 cm³/mol. The molecule has 0 aliphatic rings. The summed E-state index contributed by atoms with van der Waals surface area (Å²) in [5.41, 5.74) is 6.15. The van der Waals surface area contributed by atoms with Gasteiger partial charge >= 0.3 is 0 Å². The first-order valence-corrected chi connectivity index (χ1v) is 3.92. The third-order valence-corrected chi connectivity index (χ3v) is 1.74. The zero-order chi connectivity index (χ0) is 9.84. The second-order valence-electron chi connectivity index (χ2n) is 2.76. The molecule has 2 N–H and O–H groups in total. The number of nitrogens with zero attached hydrogens (tertiary/aromatic N) is 2. The van der Waals surface area contributed by atoms with Crippen molar-refractivity contribution in [1.29, 1.82) is 0 Å². The van der Waals surface area contributed by atoms with Gasteiger partial charge in [-0.15, -0.1) is 0 Å². The molecule has 0 saturated carbocycles. The fourth-order valence-corrected chi connectivity index (χ4v) is 0.947. The third kappa shape index (κ3) is 2.42. The van der Waals surface area contributed by atoms with Crippen molar-refractivity contribution in [2.24, 2.45) is 5.73 Å². The molecule has 5 heteroatoms. The highest BCUT2D eigenvalue weighted by Gasteiger charge is 2.22. The van der Waals surface area contributed by atoms with Crippen LogP contribution in [0.25, 0.3) is 0 Å². The van der Waals surface area contributed by atoms with Crippen LogP contribution in [0.2, 0.25) is 0 Å². The molecule has 0 amide bonds. The molecule has 0 bridgehead atoms. The van der Waals surface area contributed by atoms with Gasteiger partial charge in [0.15, 0.2) is 0 Å². The van der Waals surface area contributed by atoms with Crippen LogP contribution in [0.3, 0.4) is 0 Å². The summed E-state index contributed by atoms with van der Waals surface area (Å²) in [4.78, 5) is 7.73. The molecule has 0 aliphatic heterocycles. The first-order valence-electron chi connectivity index (χ1n) is 3.92. The summed E-state index contributed by atoms with van der Waals surface area (Å²) in [5, 5.41) is 0. The smallest absolute Gasteiger partial charge is 0.248 e. The Kier molecular flexibility index (Phi) is 3.25. The van der Waals surface area contributed by atoms with Crippen LogP contribution >= 0.6 is 0 Å². The molecule has 0 saturated heterocycles. The molecule has 1 aromatic heterocycles. The SMILES string of the molecule is Cc1cnc(C(CN)C(F)F)cn1. The largest absolute Gasteiger partial charge is 0.330 e. The molecule has 1 aromatic rings. The van der Waals surface area contributed by atoms with E-state index in [1.165, 1.54) is 12.4 Å². The molecule has 0 spiro atoms. The van der Waals surface area contributed by atoms with Gasteiger partial charge in [-0.2, -0.15) is 0 Å². The Bertz CT molecular complexity index is 261. The quantitative estimate of drug-likeness (QED) is 0.770. The Morgan fingerprint density at radius 1 is 1.38 bits per heavy atom. The number of halogens is 2. The van der Waals surface area contributed by atoms with Gasteiger partial charge in [-0.1, -0.05) is 0 Å². The van der Waals surface area contributed by atoms with E-state index in [1.807, 2.05) is 0 Å². The highest BCUT2D eigenvalue weighted by Crippen LogP contribution is 2.19. The lowest BCUT2D eigenvalue weighted by molar-refractivity contribution is 0.115. The van der Waals surface area contributed by atoms with E-state index in [0.29, 0.717) is 5.69 Å². The molecule has 0 aliphatic carbocycles. The summed E-state index contributed by atoms with van der Waals surface area (Å²) in [6.45, 7) is 1.63. The summed E-state index contributed by atoms with van der Waals surface area (Å²) >= 11 is 0. The lowest BCUT2D eigenvalue weighted by Crippen LogP contribution is -2.21. The second kappa shape index (κ2) is 4.23. The Morgan fingerprint density at radius 3 is 2.46 bits per heavy atom. The molecule has 3 nitrogen and oxygen atoms in total. The Morgan fingerprint density at radius 2 is 2.08 bits per heavy atom. The van der Waals surface area contributed by atoms with Crippen LogP contribution in [0.15, 0.2) is 12.4 Å². The van der Waals surface area contributed by atoms with Gasteiger partial charge in [0.1, 0.15) is 0 Å². The molecule has 1 unspecified atom stereocenters. The molecular formula is C8H11F2N3. The number of hydrogen-bond acceptors (Lipinski definition) is 3. The molecule has 0 radical (unpaired) electrons. The lowest BCUT2D eigenvalue weighted by atomic mass is 10.1. The Hall–Kier alpha value is -1.10. The van der Waals surface area contributed by atoms with E-state index >= 15 is 0 Å². The Balaban J connectivity index is 2.86. The number of aromatic nitrogens is 2. The number of aryl methyl sites for hydroxylation is 1. The normalized spacial score (nSPS) is 13.3. The zero-order valence-electron chi connectivity index (χ0n) is 7.24. The van der Waals surface area contributed by atoms with Gasteiger partial charge in [0, 0.05) is 18.9 Å². The molecule has 72 valence electrons. The van der Waals surface area contributed by atoms with E-state index in [-0.39, 0.29) is 12.2 Å². The molecule has 13 heavy (non-hydrogen) atoms. The Labute approximate surface area is 75.0 Å². The topological polar surface area (TPSA) is 51.8 Å². The fraction of sp³-hybridized carbons (Fsp3) is 0.500. The first-order chi connectivity index (χ1) is 6.15. The van der Waals surface area contributed by atoms with Gasteiger partial charge in [0.05, 0.1) is 17.3 Å². The van der Waals surface area contributed by atoms with Gasteiger partial charge < -0.3 is 5.73 Å². The minimum absolute atomic E-state index is 0.116. The molecule has 1 atom stereocenters. The van der Waals surface area contributed by atoms with Gasteiger partial charge in [-0.25, -0.2) is 8.78 Å². The third-order valence-electron chi connectivity index (χ3n) is 1.74. The highest BCUT2D eigenvalue weighted by molar-refractivity contribution is 5.07. The average molecular weight is 187 g/mol. The fourth-order valence-electron chi connectivity index (χ4n) is 0.947. The molecule has 1 rings (SSSR count). The van der Waals surface area contributed by atoms with Crippen LogP contribution < -0.4 is 5.73 Å². The number of alkyl halides is 2. The number of nitrogens with two attached hydrogens (primary N) is 1. The monoisotopic (exact) mass is 187 g/mol. The van der Waals surface area contributed by atoms with Crippen LogP contribution in [0, 0.1) is 6.92 Å². The van der Waals surface area contributed by atoms with E-state index in [0.717, 1.165) is 0 Å². The maximum absolute atomic E-state index is 12.3. The van der Waals surface area contributed by atoms with Crippen molar-refractivity contribution in [2.45, 2.75) is 19.3 Å². The van der Waals surface area contributed by atoms with Crippen LogP contribution in [-0.4, -0.2) is 22.9 Å². The standard InChI is InChI=1S/C8H11F2N3/c1-5-3-13-7(4-12-5)6(2-11)8(9)10/h3-4,6,8H,2,11H2,1H3. The average Bonchev–Trinajstić information content (AvgIpc) is 2.09. The van der Waals surface area contributed by atoms with Crippen molar-refractivity contribution in [3.63, 3.8) is 0 Å². The van der Waals surface area contributed by atoms with Gasteiger partial charge in [-0.05, 0) is 6.92 Å².